The molecule has 0 bridgehead atoms. The van der Waals surface area contributed by atoms with E-state index in [2.05, 4.69) is 13.8 Å². The molecule has 0 N–H and O–H groups in total. The van der Waals surface area contributed by atoms with Crippen molar-refractivity contribution >= 4 is 11.1 Å². The van der Waals surface area contributed by atoms with Crippen LogP contribution < -0.4 is 0 Å². The summed E-state index contributed by atoms with van der Waals surface area (Å²) in [7, 11) is 0. The number of rotatable bonds is 1. The van der Waals surface area contributed by atoms with Gasteiger partial charge in [-0.3, -0.25) is 0 Å². The first-order chi connectivity index (χ1) is 3.65. The van der Waals surface area contributed by atoms with Crippen molar-refractivity contribution in [2.24, 2.45) is 0 Å². The van der Waals surface area contributed by atoms with E-state index in [-0.39, 0.29) is 21.1 Å². The zero-order valence-electron chi connectivity index (χ0n) is 5.43. The van der Waals surface area contributed by atoms with Gasteiger partial charge in [-0.1, -0.05) is 26.7 Å². The second kappa shape index (κ2) is 15.8. The normalized spacial score (nSPS) is 7.11. The molecule has 0 unspecified atom stereocenters. The third kappa shape index (κ3) is 150. The first-order valence-electron chi connectivity index (χ1n) is 2.40. The Morgan fingerprint density at radius 3 is 1.33 bits per heavy atom. The van der Waals surface area contributed by atoms with Crippen LogP contribution in [0.5, 0.6) is 0 Å². The van der Waals surface area contributed by atoms with Crippen LogP contribution in [0.25, 0.3) is 0 Å². The van der Waals surface area contributed by atoms with E-state index in [1.54, 1.807) is 0 Å². The Morgan fingerprint density at radius 1 is 1.22 bits per heavy atom. The van der Waals surface area contributed by atoms with Crippen molar-refractivity contribution in [2.45, 2.75) is 26.7 Å². The van der Waals surface area contributed by atoms with Crippen molar-refractivity contribution in [3.8, 4) is 0 Å². The van der Waals surface area contributed by atoms with Crippen LogP contribution in [0.2, 0.25) is 0 Å². The van der Waals surface area contributed by atoms with E-state index >= 15 is 0 Å². The van der Waals surface area contributed by atoms with E-state index < -0.39 is 11.1 Å². The molecule has 0 aliphatic carbocycles. The fraction of sp³-hybridized carbons (Fsp3) is 1.00. The number of hydrogen-bond acceptors (Lipinski definition) is 3. The Balaban J connectivity index is -0.0000000720. The molecule has 0 fully saturated rings. The molecule has 0 saturated carbocycles. The van der Waals surface area contributed by atoms with Gasteiger partial charge in [0.25, 0.3) is 0 Å². The van der Waals surface area contributed by atoms with Crippen molar-refractivity contribution < 1.29 is 33.4 Å². The summed E-state index contributed by atoms with van der Waals surface area (Å²) >= 11 is -3.36. The van der Waals surface area contributed by atoms with Crippen molar-refractivity contribution in [3.63, 3.8) is 0 Å². The maximum absolute atomic E-state index is 9.92. The first kappa shape index (κ1) is 16.3. The summed E-state index contributed by atoms with van der Waals surface area (Å²) in [5.74, 6) is 0. The summed E-state index contributed by atoms with van der Waals surface area (Å²) < 4.78 is 26.6. The topological polar surface area (TPSA) is 34.1 Å². The van der Waals surface area contributed by atoms with Gasteiger partial charge in [0.1, 0.15) is 0 Å². The molecular weight excluding hydrogens is 315 g/mol. The van der Waals surface area contributed by atoms with Gasteiger partial charge >= 0.3 is 0 Å². The quantitative estimate of drug-likeness (QED) is 0.546. The molecule has 0 atom stereocenters. The van der Waals surface area contributed by atoms with E-state index in [1.807, 2.05) is 0 Å². The van der Waals surface area contributed by atoms with Crippen LogP contribution in [0.4, 0.5) is 3.89 Å². The third-order valence-corrected chi connectivity index (χ3v) is 0.500. The van der Waals surface area contributed by atoms with Crippen LogP contribution >= 0.6 is 0 Å². The predicted octanol–water partition coefficient (Wildman–Crippen LogP) is 1.98. The monoisotopic (exact) mass is 325 g/mol. The van der Waals surface area contributed by atoms with Gasteiger partial charge in [0, 0.05) is 21.1 Å². The summed E-state index contributed by atoms with van der Waals surface area (Å²) in [6.45, 7) is 4.36. The van der Waals surface area contributed by atoms with Crippen molar-refractivity contribution in [3.05, 3.63) is 0 Å². The smallest absolute Gasteiger partial charge is 0.0872 e. The molecule has 0 aromatic heterocycles. The standard InChI is InChI=1S/C4H10.FO2S.W/c1-3-4-2;1-4(2)3;/h3-4H2,1-2H3;;/q;-1;. The van der Waals surface area contributed by atoms with E-state index in [1.165, 1.54) is 12.8 Å². The fourth-order valence-corrected chi connectivity index (χ4v) is 0. The Morgan fingerprint density at radius 2 is 1.33 bits per heavy atom. The van der Waals surface area contributed by atoms with Crippen LogP contribution in [0.1, 0.15) is 26.7 Å². The molecular formula is C4H10FO2SW-. The van der Waals surface area contributed by atoms with E-state index in [9.17, 15) is 3.89 Å². The molecule has 58 valence electrons. The van der Waals surface area contributed by atoms with Crippen LogP contribution in [0, 0.1) is 0 Å². The minimum atomic E-state index is -3.36. The van der Waals surface area contributed by atoms with Crippen LogP contribution in [-0.4, -0.2) is 0 Å². The Kier molecular flexibility index (Phi) is 28.6. The largest absolute Gasteiger partial charge is 0.392 e. The Labute approximate surface area is 71.3 Å². The summed E-state index contributed by atoms with van der Waals surface area (Å²) in [5.41, 5.74) is 0. The number of hydrogen-bond donors (Lipinski definition) is 0. The fourth-order valence-electron chi connectivity index (χ4n) is 0. The Hall–Kier alpha value is 0.568. The average Bonchev–Trinajstić information content (AvgIpc) is 1.65. The molecule has 5 heteroatoms. The van der Waals surface area contributed by atoms with Crippen LogP contribution in [0.15, 0.2) is 0 Å². The maximum atomic E-state index is 9.92. The van der Waals surface area contributed by atoms with Gasteiger partial charge in [0.05, 0.1) is 11.1 Å². The molecule has 2 nitrogen and oxygen atoms in total. The second-order valence-corrected chi connectivity index (χ2v) is 1.58. The summed E-state index contributed by atoms with van der Waals surface area (Å²) in [4.78, 5) is 0. The number of unbranched alkanes of at least 4 members (excludes halogenated alkanes) is 1. The van der Waals surface area contributed by atoms with Gasteiger partial charge in [0.2, 0.25) is 0 Å². The average molecular weight is 325 g/mol. The minimum absolute atomic E-state index is 0. The summed E-state index contributed by atoms with van der Waals surface area (Å²) in [5, 5.41) is 0. The third-order valence-electron chi connectivity index (χ3n) is 0.500. The zero-order valence-corrected chi connectivity index (χ0v) is 9.18. The molecule has 9 heavy (non-hydrogen) atoms. The van der Waals surface area contributed by atoms with E-state index in [0.29, 0.717) is 0 Å². The molecule has 0 aliphatic rings. The van der Waals surface area contributed by atoms with Crippen LogP contribution in [-0.2, 0) is 40.6 Å². The summed E-state index contributed by atoms with van der Waals surface area (Å²) in [6.07, 6.45) is 2.64. The second-order valence-electron chi connectivity index (χ2n) is 1.19. The maximum Gasteiger partial charge on any atom is 0.0872 e. The van der Waals surface area contributed by atoms with Crippen molar-refractivity contribution in [1.82, 2.24) is 0 Å². The molecule has 0 heterocycles. The van der Waals surface area contributed by atoms with Gasteiger partial charge in [0.15, 0.2) is 0 Å². The van der Waals surface area contributed by atoms with Gasteiger partial charge < -0.3 is 12.3 Å². The molecule has 0 amide bonds. The van der Waals surface area contributed by atoms with E-state index in [0.717, 1.165) is 0 Å². The molecule has 0 rings (SSSR count). The van der Waals surface area contributed by atoms with E-state index in [4.69, 9.17) is 8.42 Å². The van der Waals surface area contributed by atoms with Crippen molar-refractivity contribution in [2.75, 3.05) is 0 Å². The van der Waals surface area contributed by atoms with Crippen molar-refractivity contribution in [1.29, 1.82) is 0 Å². The SMILES string of the molecule is CCCC.O=[S-](=O)F.[W]. The molecule has 0 spiro atoms. The van der Waals surface area contributed by atoms with Gasteiger partial charge in [-0.05, 0) is 0 Å². The predicted molar refractivity (Wildman–Crippen MR) is 30.4 cm³/mol. The molecule has 0 aliphatic heterocycles. The minimum Gasteiger partial charge on any atom is -0.392 e. The Bertz CT molecular complexity index is 84.6. The molecule has 0 radical (unpaired) electrons. The number of halogens is 1. The van der Waals surface area contributed by atoms with Gasteiger partial charge in [-0.2, -0.15) is 0 Å². The van der Waals surface area contributed by atoms with Crippen LogP contribution in [0.3, 0.4) is 0 Å². The first-order valence-corrected chi connectivity index (χ1v) is 3.38. The zero-order chi connectivity index (χ0) is 6.99. The summed E-state index contributed by atoms with van der Waals surface area (Å²) in [6, 6.07) is 0. The van der Waals surface area contributed by atoms with Gasteiger partial charge in [-0.25, -0.2) is 0 Å². The van der Waals surface area contributed by atoms with Gasteiger partial charge in [-0.15, -0.1) is 0 Å². The molecule has 0 aromatic carbocycles. The molecule has 0 saturated heterocycles. The molecule has 0 aromatic rings.